The van der Waals surface area contributed by atoms with E-state index >= 15 is 0 Å². The molecule has 1 aliphatic rings. The molecule has 2 rings (SSSR count). The maximum atomic E-state index is 3.60. The maximum Gasteiger partial charge on any atom is 0.0511 e. The van der Waals surface area contributed by atoms with Crippen LogP contribution in [-0.4, -0.2) is 6.04 Å². The van der Waals surface area contributed by atoms with Crippen LogP contribution in [0.4, 0.5) is 0 Å². The lowest BCUT2D eigenvalue weighted by Crippen LogP contribution is -2.24. The van der Waals surface area contributed by atoms with E-state index in [1.807, 2.05) is 0 Å². The third-order valence-corrected chi connectivity index (χ3v) is 2.69. The summed E-state index contributed by atoms with van der Waals surface area (Å²) in [4.78, 5) is 0. The van der Waals surface area contributed by atoms with Crippen LogP contribution in [-0.2, 0) is 0 Å². The fourth-order valence-corrected chi connectivity index (χ4v) is 1.95. The van der Waals surface area contributed by atoms with E-state index in [0.717, 1.165) is 0 Å². The topological polar surface area (TPSA) is 12.0 Å². The van der Waals surface area contributed by atoms with Gasteiger partial charge in [-0.25, -0.2) is 0 Å². The highest BCUT2D eigenvalue weighted by Gasteiger charge is 2.17. The number of rotatable bonds is 3. The molecular formula is C13H17N. The Balaban J connectivity index is 2.00. The molecule has 0 unspecified atom stereocenters. The van der Waals surface area contributed by atoms with Crippen LogP contribution in [0.1, 0.15) is 31.4 Å². The molecule has 1 N–H and O–H groups in total. The molecular weight excluding hydrogens is 170 g/mol. The van der Waals surface area contributed by atoms with Gasteiger partial charge in [-0.05, 0) is 12.0 Å². The van der Waals surface area contributed by atoms with Gasteiger partial charge in [0.1, 0.15) is 0 Å². The molecule has 0 bridgehead atoms. The molecule has 0 fully saturated rings. The summed E-state index contributed by atoms with van der Waals surface area (Å²) in [5.41, 5.74) is 1.36. The van der Waals surface area contributed by atoms with Crippen LogP contribution in [0, 0.1) is 0 Å². The van der Waals surface area contributed by atoms with Crippen molar-refractivity contribution in [3.63, 3.8) is 0 Å². The standard InChI is InChI=1S/C13H17N/c1-2-6-12-9-10-13(14-12)11-7-4-3-5-8-11/h3-5,7-10,12-14H,2,6H2,1H3/t12-,13-/m0/s1. The Morgan fingerprint density at radius 3 is 2.64 bits per heavy atom. The first-order chi connectivity index (χ1) is 6.90. The van der Waals surface area contributed by atoms with Crippen LogP contribution in [0.25, 0.3) is 0 Å². The fraction of sp³-hybridized carbons (Fsp3) is 0.385. The van der Waals surface area contributed by atoms with E-state index in [9.17, 15) is 0 Å². The summed E-state index contributed by atoms with van der Waals surface area (Å²) >= 11 is 0. The molecule has 1 heteroatoms. The Kier molecular flexibility index (Phi) is 3.00. The molecule has 1 nitrogen and oxygen atoms in total. The largest absolute Gasteiger partial charge is 0.300 e. The molecule has 0 spiro atoms. The van der Waals surface area contributed by atoms with Crippen molar-refractivity contribution in [2.75, 3.05) is 0 Å². The van der Waals surface area contributed by atoms with Crippen molar-refractivity contribution in [2.24, 2.45) is 0 Å². The Bertz CT molecular complexity index is 302. The van der Waals surface area contributed by atoms with Gasteiger partial charge in [-0.3, -0.25) is 0 Å². The second kappa shape index (κ2) is 4.43. The van der Waals surface area contributed by atoms with Crippen molar-refractivity contribution in [1.82, 2.24) is 5.32 Å². The van der Waals surface area contributed by atoms with Gasteiger partial charge in [-0.2, -0.15) is 0 Å². The van der Waals surface area contributed by atoms with E-state index in [0.29, 0.717) is 12.1 Å². The first kappa shape index (κ1) is 9.47. The summed E-state index contributed by atoms with van der Waals surface area (Å²) in [7, 11) is 0. The highest BCUT2D eigenvalue weighted by atomic mass is 15.0. The number of hydrogen-bond acceptors (Lipinski definition) is 1. The molecule has 1 heterocycles. The molecule has 0 aromatic heterocycles. The van der Waals surface area contributed by atoms with E-state index in [2.05, 4.69) is 54.7 Å². The lowest BCUT2D eigenvalue weighted by atomic mass is 10.1. The van der Waals surface area contributed by atoms with Crippen LogP contribution in [0.3, 0.4) is 0 Å². The monoisotopic (exact) mass is 187 g/mol. The summed E-state index contributed by atoms with van der Waals surface area (Å²) in [6.07, 6.45) is 7.04. The average molecular weight is 187 g/mol. The van der Waals surface area contributed by atoms with E-state index in [1.165, 1.54) is 18.4 Å². The van der Waals surface area contributed by atoms with Crippen LogP contribution >= 0.6 is 0 Å². The predicted molar refractivity (Wildman–Crippen MR) is 60.2 cm³/mol. The van der Waals surface area contributed by atoms with Gasteiger partial charge in [0.15, 0.2) is 0 Å². The zero-order chi connectivity index (χ0) is 9.80. The third kappa shape index (κ3) is 2.05. The summed E-state index contributed by atoms with van der Waals surface area (Å²) in [5.74, 6) is 0. The number of benzene rings is 1. The lowest BCUT2D eigenvalue weighted by Gasteiger charge is -2.14. The third-order valence-electron chi connectivity index (χ3n) is 2.69. The molecule has 74 valence electrons. The van der Waals surface area contributed by atoms with Gasteiger partial charge in [-0.1, -0.05) is 55.8 Å². The second-order valence-corrected chi connectivity index (χ2v) is 3.84. The Morgan fingerprint density at radius 1 is 1.14 bits per heavy atom. The number of hydrogen-bond donors (Lipinski definition) is 1. The van der Waals surface area contributed by atoms with E-state index in [4.69, 9.17) is 0 Å². The normalized spacial score (nSPS) is 25.5. The highest BCUT2D eigenvalue weighted by Crippen LogP contribution is 2.21. The Labute approximate surface area is 85.8 Å². The molecule has 0 radical (unpaired) electrons. The van der Waals surface area contributed by atoms with Crippen molar-refractivity contribution in [3.05, 3.63) is 48.0 Å². The zero-order valence-corrected chi connectivity index (χ0v) is 8.61. The molecule has 0 saturated heterocycles. The molecule has 0 amide bonds. The SMILES string of the molecule is CCC[C@H]1C=C[C@@H](c2ccccc2)N1. The van der Waals surface area contributed by atoms with Gasteiger partial charge < -0.3 is 5.32 Å². The summed E-state index contributed by atoms with van der Waals surface area (Å²) in [5, 5.41) is 3.60. The quantitative estimate of drug-likeness (QED) is 0.717. The minimum Gasteiger partial charge on any atom is -0.300 e. The summed E-state index contributed by atoms with van der Waals surface area (Å²) in [6.45, 7) is 2.23. The zero-order valence-electron chi connectivity index (χ0n) is 8.61. The van der Waals surface area contributed by atoms with Crippen molar-refractivity contribution >= 4 is 0 Å². The summed E-state index contributed by atoms with van der Waals surface area (Å²) < 4.78 is 0. The van der Waals surface area contributed by atoms with E-state index in [1.54, 1.807) is 0 Å². The van der Waals surface area contributed by atoms with Gasteiger partial charge in [0, 0.05) is 6.04 Å². The van der Waals surface area contributed by atoms with Gasteiger partial charge in [0.2, 0.25) is 0 Å². The van der Waals surface area contributed by atoms with Crippen LogP contribution in [0.2, 0.25) is 0 Å². The molecule has 1 aromatic rings. The van der Waals surface area contributed by atoms with Crippen LogP contribution < -0.4 is 5.32 Å². The number of nitrogens with one attached hydrogen (secondary N) is 1. The Morgan fingerprint density at radius 2 is 1.93 bits per heavy atom. The molecule has 2 atom stereocenters. The highest BCUT2D eigenvalue weighted by molar-refractivity contribution is 5.26. The van der Waals surface area contributed by atoms with Crippen molar-refractivity contribution in [2.45, 2.75) is 31.8 Å². The van der Waals surface area contributed by atoms with Crippen LogP contribution in [0.15, 0.2) is 42.5 Å². The van der Waals surface area contributed by atoms with E-state index in [-0.39, 0.29) is 0 Å². The van der Waals surface area contributed by atoms with Gasteiger partial charge in [-0.15, -0.1) is 0 Å². The molecule has 1 aliphatic heterocycles. The first-order valence-electron chi connectivity index (χ1n) is 5.39. The van der Waals surface area contributed by atoms with Gasteiger partial charge >= 0.3 is 0 Å². The van der Waals surface area contributed by atoms with Gasteiger partial charge in [0.05, 0.1) is 6.04 Å². The van der Waals surface area contributed by atoms with Crippen molar-refractivity contribution in [1.29, 1.82) is 0 Å². The Hall–Kier alpha value is -1.08. The van der Waals surface area contributed by atoms with E-state index < -0.39 is 0 Å². The van der Waals surface area contributed by atoms with Gasteiger partial charge in [0.25, 0.3) is 0 Å². The fourth-order valence-electron chi connectivity index (χ4n) is 1.95. The molecule has 0 saturated carbocycles. The predicted octanol–water partition coefficient (Wildman–Crippen LogP) is 3.06. The smallest absolute Gasteiger partial charge is 0.0511 e. The van der Waals surface area contributed by atoms with Crippen molar-refractivity contribution < 1.29 is 0 Å². The average Bonchev–Trinajstić information content (AvgIpc) is 2.68. The second-order valence-electron chi connectivity index (χ2n) is 3.84. The molecule has 0 aliphatic carbocycles. The summed E-state index contributed by atoms with van der Waals surface area (Å²) in [6, 6.07) is 11.6. The minimum atomic E-state index is 0.424. The minimum absolute atomic E-state index is 0.424. The first-order valence-corrected chi connectivity index (χ1v) is 5.39. The van der Waals surface area contributed by atoms with Crippen LogP contribution in [0.5, 0.6) is 0 Å². The lowest BCUT2D eigenvalue weighted by molar-refractivity contribution is 0.545. The van der Waals surface area contributed by atoms with Crippen molar-refractivity contribution in [3.8, 4) is 0 Å². The maximum absolute atomic E-state index is 3.60. The molecule has 1 aromatic carbocycles. The molecule has 14 heavy (non-hydrogen) atoms.